The molecule has 0 spiro atoms. The second-order valence-corrected chi connectivity index (χ2v) is 6.60. The Kier molecular flexibility index (Phi) is 5.09. The normalized spacial score (nSPS) is 10.4. The maximum Gasteiger partial charge on any atom is 0.258 e. The first-order valence-corrected chi connectivity index (χ1v) is 8.54. The third-order valence-electron chi connectivity index (χ3n) is 3.76. The fraction of sp³-hybridized carbons (Fsp3) is 0.105. The summed E-state index contributed by atoms with van der Waals surface area (Å²) in [5.74, 6) is 0.193. The number of nitrogens with one attached hydrogen (secondary N) is 2. The molecule has 0 fully saturated rings. The largest absolute Gasteiger partial charge is 0.324 e. The zero-order valence-corrected chi connectivity index (χ0v) is 15.5. The molecule has 0 saturated heterocycles. The minimum atomic E-state index is -0.254. The van der Waals surface area contributed by atoms with Crippen LogP contribution in [0.15, 0.2) is 59.3 Å². The van der Waals surface area contributed by atoms with Gasteiger partial charge in [-0.2, -0.15) is 0 Å². The van der Waals surface area contributed by atoms with Gasteiger partial charge in [0.05, 0.1) is 5.56 Å². The van der Waals surface area contributed by atoms with Crippen molar-refractivity contribution in [1.82, 2.24) is 9.97 Å². The highest BCUT2D eigenvalue weighted by Crippen LogP contribution is 2.18. The minimum Gasteiger partial charge on any atom is -0.324 e. The average molecular weight is 397 g/mol. The third kappa shape index (κ3) is 4.42. The van der Waals surface area contributed by atoms with Crippen molar-refractivity contribution in [2.75, 3.05) is 10.6 Å². The molecule has 0 saturated carbocycles. The van der Waals surface area contributed by atoms with Gasteiger partial charge in [-0.05, 0) is 55.3 Å². The van der Waals surface area contributed by atoms with Crippen molar-refractivity contribution in [3.05, 3.63) is 76.0 Å². The van der Waals surface area contributed by atoms with E-state index in [1.807, 2.05) is 42.5 Å². The molecular weight excluding hydrogens is 380 g/mol. The monoisotopic (exact) mass is 396 g/mol. The lowest BCUT2D eigenvalue weighted by Crippen LogP contribution is -2.13. The summed E-state index contributed by atoms with van der Waals surface area (Å²) in [6.07, 6.45) is 3.01. The second-order valence-electron chi connectivity index (χ2n) is 5.68. The molecule has 1 aromatic heterocycles. The summed E-state index contributed by atoms with van der Waals surface area (Å²) >= 11 is 3.37. The van der Waals surface area contributed by atoms with Crippen molar-refractivity contribution in [3.63, 3.8) is 0 Å². The van der Waals surface area contributed by atoms with Crippen molar-refractivity contribution in [2.24, 2.45) is 0 Å². The summed E-state index contributed by atoms with van der Waals surface area (Å²) < 4.78 is 0.898. The number of hydrogen-bond acceptors (Lipinski definition) is 4. The first-order valence-electron chi connectivity index (χ1n) is 7.74. The molecule has 0 bridgehead atoms. The van der Waals surface area contributed by atoms with Crippen molar-refractivity contribution < 1.29 is 4.79 Å². The topological polar surface area (TPSA) is 66.9 Å². The molecule has 1 heterocycles. The van der Waals surface area contributed by atoms with E-state index in [-0.39, 0.29) is 5.91 Å². The van der Waals surface area contributed by atoms with E-state index in [2.05, 4.69) is 50.4 Å². The van der Waals surface area contributed by atoms with Crippen LogP contribution >= 0.6 is 15.9 Å². The summed E-state index contributed by atoms with van der Waals surface area (Å²) in [4.78, 5) is 20.7. The molecule has 126 valence electrons. The third-order valence-corrected chi connectivity index (χ3v) is 4.25. The number of benzene rings is 2. The molecule has 0 unspecified atom stereocenters. The van der Waals surface area contributed by atoms with E-state index >= 15 is 0 Å². The lowest BCUT2D eigenvalue weighted by molar-refractivity contribution is 0.102. The van der Waals surface area contributed by atoms with E-state index in [1.54, 1.807) is 0 Å². The molecule has 0 aliphatic heterocycles. The van der Waals surface area contributed by atoms with Crippen LogP contribution in [0.2, 0.25) is 0 Å². The van der Waals surface area contributed by atoms with Gasteiger partial charge in [-0.15, -0.1) is 0 Å². The van der Waals surface area contributed by atoms with E-state index in [0.717, 1.165) is 10.2 Å². The van der Waals surface area contributed by atoms with E-state index in [9.17, 15) is 4.79 Å². The van der Waals surface area contributed by atoms with Gasteiger partial charge in [0, 0.05) is 28.2 Å². The van der Waals surface area contributed by atoms with Crippen molar-refractivity contribution in [1.29, 1.82) is 0 Å². The Morgan fingerprint density at radius 2 is 1.72 bits per heavy atom. The van der Waals surface area contributed by atoms with Crippen LogP contribution in [0.25, 0.3) is 0 Å². The Bertz CT molecular complexity index is 910. The van der Waals surface area contributed by atoms with Gasteiger partial charge in [0.2, 0.25) is 5.95 Å². The van der Waals surface area contributed by atoms with Gasteiger partial charge in [-0.25, -0.2) is 9.97 Å². The molecule has 2 aromatic carbocycles. The molecule has 25 heavy (non-hydrogen) atoms. The van der Waals surface area contributed by atoms with E-state index in [4.69, 9.17) is 0 Å². The molecule has 3 rings (SSSR count). The molecule has 6 heteroatoms. The van der Waals surface area contributed by atoms with Crippen LogP contribution in [0, 0.1) is 13.8 Å². The van der Waals surface area contributed by atoms with Crippen molar-refractivity contribution in [2.45, 2.75) is 13.8 Å². The maximum absolute atomic E-state index is 12.3. The number of aromatic nitrogens is 2. The zero-order chi connectivity index (χ0) is 17.8. The zero-order valence-electron chi connectivity index (χ0n) is 13.9. The van der Waals surface area contributed by atoms with Gasteiger partial charge in [-0.3, -0.25) is 4.79 Å². The predicted octanol–water partition coefficient (Wildman–Crippen LogP) is 4.85. The van der Waals surface area contributed by atoms with Crippen molar-refractivity contribution in [3.8, 4) is 0 Å². The highest BCUT2D eigenvalue weighted by atomic mass is 79.9. The van der Waals surface area contributed by atoms with Crippen molar-refractivity contribution >= 4 is 39.2 Å². The van der Waals surface area contributed by atoms with E-state index in [0.29, 0.717) is 17.2 Å². The molecule has 1 amide bonds. The number of aryl methyl sites for hydroxylation is 2. The minimum absolute atomic E-state index is 0.254. The van der Waals surface area contributed by atoms with E-state index < -0.39 is 0 Å². The molecule has 0 aliphatic rings. The summed E-state index contributed by atoms with van der Waals surface area (Å²) in [5.41, 5.74) is 4.43. The fourth-order valence-corrected chi connectivity index (χ4v) is 2.63. The predicted molar refractivity (Wildman–Crippen MR) is 103 cm³/mol. The van der Waals surface area contributed by atoms with Crippen LogP contribution in [0.5, 0.6) is 0 Å². The van der Waals surface area contributed by atoms with Gasteiger partial charge in [-0.1, -0.05) is 28.1 Å². The van der Waals surface area contributed by atoms with Crippen LogP contribution in [-0.2, 0) is 0 Å². The molecule has 0 radical (unpaired) electrons. The number of amides is 1. The van der Waals surface area contributed by atoms with Gasteiger partial charge < -0.3 is 10.6 Å². The smallest absolute Gasteiger partial charge is 0.258 e. The van der Waals surface area contributed by atoms with Crippen LogP contribution in [0.4, 0.5) is 17.3 Å². The molecule has 2 N–H and O–H groups in total. The van der Waals surface area contributed by atoms with E-state index in [1.165, 1.54) is 23.5 Å². The Hall–Kier alpha value is -2.73. The van der Waals surface area contributed by atoms with Crippen LogP contribution in [0.1, 0.15) is 21.5 Å². The number of rotatable bonds is 4. The fourth-order valence-electron chi connectivity index (χ4n) is 2.23. The highest BCUT2D eigenvalue weighted by molar-refractivity contribution is 9.10. The number of halogens is 1. The summed E-state index contributed by atoms with van der Waals surface area (Å²) in [6.45, 7) is 4.12. The molecule has 0 aliphatic carbocycles. The summed E-state index contributed by atoms with van der Waals surface area (Å²) in [6, 6.07) is 13.4. The lowest BCUT2D eigenvalue weighted by atomic mass is 10.1. The standard InChI is InChI=1S/C19H17BrN4O/c1-12-6-7-17(8-13(12)2)24-19-21-10-14(11-22-19)18(25)23-16-5-3-4-15(20)9-16/h3-11H,1-2H3,(H,23,25)(H,21,22,24). The van der Waals surface area contributed by atoms with Crippen LogP contribution in [-0.4, -0.2) is 15.9 Å². The average Bonchev–Trinajstić information content (AvgIpc) is 2.59. The number of hydrogen-bond donors (Lipinski definition) is 2. The Labute approximate surface area is 154 Å². The Morgan fingerprint density at radius 3 is 2.40 bits per heavy atom. The quantitative estimate of drug-likeness (QED) is 0.661. The first kappa shape index (κ1) is 17.1. The number of carbonyl (C=O) groups excluding carboxylic acids is 1. The first-order chi connectivity index (χ1) is 12.0. The highest BCUT2D eigenvalue weighted by Gasteiger charge is 2.08. The lowest BCUT2D eigenvalue weighted by Gasteiger charge is -2.08. The number of carbonyl (C=O) groups is 1. The number of anilines is 3. The van der Waals surface area contributed by atoms with Gasteiger partial charge in [0.1, 0.15) is 0 Å². The van der Waals surface area contributed by atoms with Gasteiger partial charge >= 0.3 is 0 Å². The van der Waals surface area contributed by atoms with Crippen LogP contribution in [0.3, 0.4) is 0 Å². The Morgan fingerprint density at radius 1 is 0.960 bits per heavy atom. The molecule has 3 aromatic rings. The maximum atomic E-state index is 12.3. The molecular formula is C19H17BrN4O. The van der Waals surface area contributed by atoms with Gasteiger partial charge in [0.25, 0.3) is 5.91 Å². The molecule has 5 nitrogen and oxygen atoms in total. The Balaban J connectivity index is 1.69. The second kappa shape index (κ2) is 7.44. The van der Waals surface area contributed by atoms with Crippen LogP contribution < -0.4 is 10.6 Å². The SMILES string of the molecule is Cc1ccc(Nc2ncc(C(=O)Nc3cccc(Br)c3)cn2)cc1C. The van der Waals surface area contributed by atoms with Gasteiger partial charge in [0.15, 0.2) is 0 Å². The number of nitrogens with zero attached hydrogens (tertiary/aromatic N) is 2. The molecule has 0 atom stereocenters. The summed E-state index contributed by atoms with van der Waals surface area (Å²) in [5, 5.41) is 5.95. The summed E-state index contributed by atoms with van der Waals surface area (Å²) in [7, 11) is 0.